The number of rotatable bonds is 6. The summed E-state index contributed by atoms with van der Waals surface area (Å²) in [7, 11) is 1.61. The van der Waals surface area contributed by atoms with E-state index in [1.165, 1.54) is 11.8 Å². The van der Waals surface area contributed by atoms with Crippen LogP contribution in [0, 0.1) is 17.2 Å². The molecule has 21 heavy (non-hydrogen) atoms. The van der Waals surface area contributed by atoms with Gasteiger partial charge in [-0.2, -0.15) is 5.26 Å². The van der Waals surface area contributed by atoms with Gasteiger partial charge in [-0.3, -0.25) is 0 Å². The molecule has 0 bridgehead atoms. The second-order valence-corrected chi connectivity index (χ2v) is 5.63. The smallest absolute Gasteiger partial charge is 0.138 e. The lowest BCUT2D eigenvalue weighted by atomic mass is 10.0. The number of nitrogens with zero attached hydrogens (tertiary/aromatic N) is 1. The molecule has 0 unspecified atom stereocenters. The van der Waals surface area contributed by atoms with E-state index >= 15 is 0 Å². The Morgan fingerprint density at radius 3 is 2.33 bits per heavy atom. The minimum absolute atomic E-state index is 0.235. The zero-order valence-electron chi connectivity index (χ0n) is 11.6. The van der Waals surface area contributed by atoms with Crippen molar-refractivity contribution in [3.05, 3.63) is 60.2 Å². The number of hydrogen-bond acceptors (Lipinski definition) is 4. The lowest BCUT2D eigenvalue weighted by Crippen LogP contribution is -2.09. The third-order valence-corrected chi connectivity index (χ3v) is 4.44. The minimum atomic E-state index is -0.691. The normalized spacial score (nSPS) is 13.0. The molecule has 2 atom stereocenters. The molecular formula is C17H15NO2S. The predicted octanol–water partition coefficient (Wildman–Crippen LogP) is 3.87. The van der Waals surface area contributed by atoms with Gasteiger partial charge in [0.15, 0.2) is 0 Å². The van der Waals surface area contributed by atoms with Gasteiger partial charge in [-0.05, 0) is 29.8 Å². The lowest BCUT2D eigenvalue weighted by molar-refractivity contribution is -0.109. The number of thioether (sulfide) groups is 1. The molecule has 0 spiro atoms. The Labute approximate surface area is 128 Å². The number of carbonyl (C=O) groups is 1. The van der Waals surface area contributed by atoms with Gasteiger partial charge in [0.25, 0.3) is 0 Å². The van der Waals surface area contributed by atoms with Gasteiger partial charge in [0, 0.05) is 4.90 Å². The van der Waals surface area contributed by atoms with Crippen molar-refractivity contribution >= 4 is 18.0 Å². The summed E-state index contributed by atoms with van der Waals surface area (Å²) < 4.78 is 5.14. The molecule has 0 aliphatic rings. The van der Waals surface area contributed by atoms with Crippen LogP contribution in [0.5, 0.6) is 5.75 Å². The number of carbonyl (C=O) groups excluding carboxylic acids is 1. The summed E-state index contributed by atoms with van der Waals surface area (Å²) in [6.07, 6.45) is 0.713. The molecule has 0 fully saturated rings. The monoisotopic (exact) mass is 297 g/mol. The number of hydrogen-bond donors (Lipinski definition) is 0. The summed E-state index contributed by atoms with van der Waals surface area (Å²) in [5.74, 6) is 0.0606. The van der Waals surface area contributed by atoms with E-state index in [1.54, 1.807) is 7.11 Å². The van der Waals surface area contributed by atoms with Gasteiger partial charge in [0.1, 0.15) is 18.0 Å². The van der Waals surface area contributed by atoms with Crippen molar-refractivity contribution in [3.63, 3.8) is 0 Å². The van der Waals surface area contributed by atoms with Crippen molar-refractivity contribution in [2.24, 2.45) is 5.92 Å². The lowest BCUT2D eigenvalue weighted by Gasteiger charge is -2.18. The maximum atomic E-state index is 11.2. The Bertz CT molecular complexity index is 619. The second kappa shape index (κ2) is 7.51. The fraction of sp³-hybridized carbons (Fsp3) is 0.176. The molecule has 0 aromatic heterocycles. The van der Waals surface area contributed by atoms with Crippen LogP contribution in [0.1, 0.15) is 10.8 Å². The summed E-state index contributed by atoms with van der Waals surface area (Å²) in [5, 5.41) is 8.98. The Morgan fingerprint density at radius 2 is 1.81 bits per heavy atom. The Kier molecular flexibility index (Phi) is 5.42. The van der Waals surface area contributed by atoms with Crippen molar-refractivity contribution in [1.29, 1.82) is 5.26 Å². The van der Waals surface area contributed by atoms with E-state index < -0.39 is 5.92 Å². The molecule has 2 aromatic rings. The molecule has 0 aliphatic heterocycles. The van der Waals surface area contributed by atoms with Crippen LogP contribution in [0.3, 0.4) is 0 Å². The molecule has 0 heterocycles. The largest absolute Gasteiger partial charge is 0.497 e. The molecule has 0 saturated heterocycles. The summed E-state index contributed by atoms with van der Waals surface area (Å²) >= 11 is 1.52. The number of benzene rings is 2. The zero-order chi connectivity index (χ0) is 15.1. The fourth-order valence-electron chi connectivity index (χ4n) is 1.96. The number of aldehydes is 1. The van der Waals surface area contributed by atoms with Gasteiger partial charge in [-0.15, -0.1) is 11.8 Å². The molecule has 106 valence electrons. The SMILES string of the molecule is COc1ccc([C@@H](Sc2ccccc2)[C@H](C#N)C=O)cc1. The van der Waals surface area contributed by atoms with Crippen LogP contribution >= 0.6 is 11.8 Å². The van der Waals surface area contributed by atoms with Gasteiger partial charge >= 0.3 is 0 Å². The van der Waals surface area contributed by atoms with Crippen LogP contribution in [-0.2, 0) is 4.79 Å². The third-order valence-electron chi connectivity index (χ3n) is 3.07. The van der Waals surface area contributed by atoms with Crippen LogP contribution < -0.4 is 4.74 Å². The molecule has 2 rings (SSSR count). The van der Waals surface area contributed by atoms with Gasteiger partial charge in [0.2, 0.25) is 0 Å². The van der Waals surface area contributed by atoms with Crippen molar-refractivity contribution in [2.45, 2.75) is 10.1 Å². The van der Waals surface area contributed by atoms with Gasteiger partial charge in [-0.1, -0.05) is 30.3 Å². The van der Waals surface area contributed by atoms with Crippen molar-refractivity contribution < 1.29 is 9.53 Å². The average molecular weight is 297 g/mol. The Balaban J connectivity index is 2.31. The first kappa shape index (κ1) is 15.1. The summed E-state index contributed by atoms with van der Waals surface area (Å²) in [6.45, 7) is 0. The van der Waals surface area contributed by atoms with Gasteiger partial charge in [0.05, 0.1) is 18.4 Å². The van der Waals surface area contributed by atoms with Crippen LogP contribution in [-0.4, -0.2) is 13.4 Å². The van der Waals surface area contributed by atoms with E-state index in [0.717, 1.165) is 16.2 Å². The molecule has 0 radical (unpaired) electrons. The van der Waals surface area contributed by atoms with E-state index in [9.17, 15) is 10.1 Å². The summed E-state index contributed by atoms with van der Waals surface area (Å²) in [5.41, 5.74) is 0.934. The summed E-state index contributed by atoms with van der Waals surface area (Å²) in [4.78, 5) is 12.2. The highest BCUT2D eigenvalue weighted by Gasteiger charge is 2.24. The highest BCUT2D eigenvalue weighted by molar-refractivity contribution is 7.99. The first-order valence-electron chi connectivity index (χ1n) is 6.49. The highest BCUT2D eigenvalue weighted by atomic mass is 32.2. The van der Waals surface area contributed by atoms with E-state index in [0.29, 0.717) is 6.29 Å². The number of nitriles is 1. The summed E-state index contributed by atoms with van der Waals surface area (Å²) in [6, 6.07) is 19.3. The maximum absolute atomic E-state index is 11.2. The van der Waals surface area contributed by atoms with Crippen molar-refractivity contribution in [1.82, 2.24) is 0 Å². The molecule has 4 heteroatoms. The Morgan fingerprint density at radius 1 is 1.14 bits per heavy atom. The van der Waals surface area contributed by atoms with Gasteiger partial charge < -0.3 is 9.53 Å². The zero-order valence-corrected chi connectivity index (χ0v) is 12.4. The predicted molar refractivity (Wildman–Crippen MR) is 83.2 cm³/mol. The van der Waals surface area contributed by atoms with Crippen LogP contribution in [0.25, 0.3) is 0 Å². The quantitative estimate of drug-likeness (QED) is 0.600. The van der Waals surface area contributed by atoms with E-state index in [4.69, 9.17) is 4.74 Å². The molecule has 2 aromatic carbocycles. The van der Waals surface area contributed by atoms with Crippen molar-refractivity contribution in [2.75, 3.05) is 7.11 Å². The van der Waals surface area contributed by atoms with Crippen LogP contribution in [0.4, 0.5) is 0 Å². The Hall–Kier alpha value is -2.25. The first-order valence-corrected chi connectivity index (χ1v) is 7.37. The van der Waals surface area contributed by atoms with Crippen LogP contribution in [0.15, 0.2) is 59.5 Å². The third kappa shape index (κ3) is 3.87. The van der Waals surface area contributed by atoms with E-state index in [2.05, 4.69) is 6.07 Å². The number of ether oxygens (including phenoxy) is 1. The second-order valence-electron chi connectivity index (χ2n) is 4.42. The molecule has 3 nitrogen and oxygen atoms in total. The maximum Gasteiger partial charge on any atom is 0.138 e. The van der Waals surface area contributed by atoms with E-state index in [-0.39, 0.29) is 5.25 Å². The standard InChI is InChI=1S/C17H15NO2S/c1-20-15-9-7-13(8-10-15)17(14(11-18)12-19)21-16-5-3-2-4-6-16/h2-10,12,14,17H,1H3/t14-,17-/m1/s1. The molecule has 0 saturated carbocycles. The first-order chi connectivity index (χ1) is 10.3. The molecule has 0 aliphatic carbocycles. The average Bonchev–Trinajstić information content (AvgIpc) is 2.56. The van der Waals surface area contributed by atoms with Gasteiger partial charge in [-0.25, -0.2) is 0 Å². The minimum Gasteiger partial charge on any atom is -0.497 e. The van der Waals surface area contributed by atoms with Crippen molar-refractivity contribution in [3.8, 4) is 11.8 Å². The number of methoxy groups -OCH3 is 1. The topological polar surface area (TPSA) is 50.1 Å². The molecule has 0 N–H and O–H groups in total. The molecular weight excluding hydrogens is 282 g/mol. The van der Waals surface area contributed by atoms with E-state index in [1.807, 2.05) is 54.6 Å². The fourth-order valence-corrected chi connectivity index (χ4v) is 3.13. The highest BCUT2D eigenvalue weighted by Crippen LogP contribution is 2.40. The molecule has 0 amide bonds. The van der Waals surface area contributed by atoms with Crippen LogP contribution in [0.2, 0.25) is 0 Å².